The largest absolute Gasteiger partial charge is 0.497 e. The number of imidazole rings is 1. The number of aromatic nitrogens is 2. The summed E-state index contributed by atoms with van der Waals surface area (Å²) in [6, 6.07) is 15.7. The average molecular weight is 405 g/mol. The number of carbonyl (C=O) groups is 1. The number of nitrogens with zero attached hydrogens (tertiary/aromatic N) is 3. The van der Waals surface area contributed by atoms with Gasteiger partial charge in [0.1, 0.15) is 11.6 Å². The molecule has 0 spiro atoms. The molecule has 0 unspecified atom stereocenters. The molecule has 30 heavy (non-hydrogen) atoms. The Bertz CT molecular complexity index is 996. The lowest BCUT2D eigenvalue weighted by Crippen LogP contribution is -2.39. The molecule has 4 rings (SSSR count). The molecular weight excluding hydrogens is 376 g/mol. The molecule has 1 N–H and O–H groups in total. The monoisotopic (exact) mass is 404 g/mol. The van der Waals surface area contributed by atoms with Gasteiger partial charge in [0.15, 0.2) is 0 Å². The van der Waals surface area contributed by atoms with Crippen molar-refractivity contribution in [1.82, 2.24) is 14.5 Å². The van der Waals surface area contributed by atoms with E-state index in [1.165, 1.54) is 0 Å². The summed E-state index contributed by atoms with van der Waals surface area (Å²) in [5.41, 5.74) is 2.87. The third-order valence-corrected chi connectivity index (χ3v) is 5.74. The van der Waals surface area contributed by atoms with Crippen LogP contribution in [0.1, 0.15) is 25.6 Å². The summed E-state index contributed by atoms with van der Waals surface area (Å²) in [6.07, 6.45) is 5.70. The molecule has 2 aromatic carbocycles. The van der Waals surface area contributed by atoms with E-state index in [0.29, 0.717) is 6.54 Å². The number of likely N-dealkylation sites (tertiary alicyclic amines) is 1. The molecule has 6 nitrogen and oxygen atoms in total. The van der Waals surface area contributed by atoms with E-state index < -0.39 is 0 Å². The van der Waals surface area contributed by atoms with Gasteiger partial charge in [-0.15, -0.1) is 0 Å². The summed E-state index contributed by atoms with van der Waals surface area (Å²) >= 11 is 0. The van der Waals surface area contributed by atoms with Gasteiger partial charge < -0.3 is 14.6 Å². The fourth-order valence-electron chi connectivity index (χ4n) is 4.10. The van der Waals surface area contributed by atoms with Crippen molar-refractivity contribution in [2.24, 2.45) is 0 Å². The predicted molar refractivity (Wildman–Crippen MR) is 118 cm³/mol. The first-order valence-corrected chi connectivity index (χ1v) is 10.5. The summed E-state index contributed by atoms with van der Waals surface area (Å²) < 4.78 is 7.39. The van der Waals surface area contributed by atoms with Crippen LogP contribution in [-0.4, -0.2) is 40.1 Å². The van der Waals surface area contributed by atoms with Crippen molar-refractivity contribution in [3.05, 3.63) is 66.7 Å². The summed E-state index contributed by atoms with van der Waals surface area (Å²) in [4.78, 5) is 19.9. The molecule has 1 aliphatic rings. The predicted octanol–water partition coefficient (Wildman–Crippen LogP) is 4.18. The van der Waals surface area contributed by atoms with Crippen molar-refractivity contribution in [3.63, 3.8) is 0 Å². The molecule has 0 bridgehead atoms. The van der Waals surface area contributed by atoms with Crippen LogP contribution in [0.25, 0.3) is 11.1 Å². The Labute approximate surface area is 177 Å². The minimum absolute atomic E-state index is 0.0445. The first kappa shape index (κ1) is 20.2. The van der Waals surface area contributed by atoms with Crippen molar-refractivity contribution in [2.75, 3.05) is 19.0 Å². The van der Waals surface area contributed by atoms with E-state index in [9.17, 15) is 4.79 Å². The Kier molecular flexibility index (Phi) is 6.14. The highest BCUT2D eigenvalue weighted by Gasteiger charge is 2.31. The molecule has 2 heterocycles. The molecule has 0 saturated carbocycles. The maximum absolute atomic E-state index is 13.2. The number of methoxy groups -OCH3 is 1. The van der Waals surface area contributed by atoms with Crippen LogP contribution in [-0.2, 0) is 17.9 Å². The lowest BCUT2D eigenvalue weighted by molar-refractivity contribution is -0.120. The van der Waals surface area contributed by atoms with Crippen molar-refractivity contribution >= 4 is 11.6 Å². The SMILES string of the molecule is CCn1ccnc1CN1CCC[C@@H]1C(=O)Nc1ccccc1-c1ccc(OC)cc1. The second-order valence-electron chi connectivity index (χ2n) is 7.52. The van der Waals surface area contributed by atoms with Gasteiger partial charge >= 0.3 is 0 Å². The molecule has 1 atom stereocenters. The van der Waals surface area contributed by atoms with Crippen LogP contribution in [0.15, 0.2) is 60.9 Å². The van der Waals surface area contributed by atoms with Gasteiger partial charge in [-0.3, -0.25) is 9.69 Å². The average Bonchev–Trinajstić information content (AvgIpc) is 3.44. The van der Waals surface area contributed by atoms with Gasteiger partial charge in [-0.05, 0) is 50.1 Å². The van der Waals surface area contributed by atoms with E-state index in [2.05, 4.69) is 26.7 Å². The number of carbonyl (C=O) groups excluding carboxylic acids is 1. The van der Waals surface area contributed by atoms with Crippen LogP contribution in [0.2, 0.25) is 0 Å². The van der Waals surface area contributed by atoms with E-state index in [1.54, 1.807) is 7.11 Å². The van der Waals surface area contributed by atoms with Gasteiger partial charge in [0.25, 0.3) is 0 Å². The molecule has 1 saturated heterocycles. The number of anilines is 1. The molecule has 156 valence electrons. The number of nitrogens with one attached hydrogen (secondary N) is 1. The molecular formula is C24H28N4O2. The van der Waals surface area contributed by atoms with Crippen LogP contribution in [0, 0.1) is 0 Å². The molecule has 1 aromatic heterocycles. The number of ether oxygens (including phenoxy) is 1. The van der Waals surface area contributed by atoms with E-state index in [-0.39, 0.29) is 11.9 Å². The van der Waals surface area contributed by atoms with Gasteiger partial charge in [0.05, 0.1) is 19.7 Å². The van der Waals surface area contributed by atoms with Crippen molar-refractivity contribution in [1.29, 1.82) is 0 Å². The summed E-state index contributed by atoms with van der Waals surface area (Å²) in [5, 5.41) is 3.18. The zero-order valence-corrected chi connectivity index (χ0v) is 17.5. The summed E-state index contributed by atoms with van der Waals surface area (Å²) in [6.45, 7) is 4.60. The van der Waals surface area contributed by atoms with E-state index in [4.69, 9.17) is 4.74 Å². The van der Waals surface area contributed by atoms with Crippen LogP contribution < -0.4 is 10.1 Å². The number of para-hydroxylation sites is 1. The summed E-state index contributed by atoms with van der Waals surface area (Å²) in [5.74, 6) is 1.87. The Morgan fingerprint density at radius 1 is 1.20 bits per heavy atom. The molecule has 0 aliphatic carbocycles. The van der Waals surface area contributed by atoms with Gasteiger partial charge in [0.2, 0.25) is 5.91 Å². The standard InChI is InChI=1S/C24H28N4O2/c1-3-27-16-14-25-23(27)17-28-15-6-9-22(28)24(29)26-21-8-5-4-7-20(21)18-10-12-19(30-2)13-11-18/h4-5,7-8,10-14,16,22H,3,6,9,15,17H2,1-2H3,(H,26,29)/t22-/m1/s1. The Morgan fingerprint density at radius 2 is 2.00 bits per heavy atom. The van der Waals surface area contributed by atoms with Gasteiger partial charge in [0, 0.05) is 30.2 Å². The smallest absolute Gasteiger partial charge is 0.241 e. The maximum Gasteiger partial charge on any atom is 0.241 e. The lowest BCUT2D eigenvalue weighted by Gasteiger charge is -2.24. The number of rotatable bonds is 7. The third-order valence-electron chi connectivity index (χ3n) is 5.74. The zero-order valence-electron chi connectivity index (χ0n) is 17.5. The van der Waals surface area contributed by atoms with Gasteiger partial charge in [-0.2, -0.15) is 0 Å². The molecule has 1 aliphatic heterocycles. The highest BCUT2D eigenvalue weighted by molar-refractivity contribution is 5.98. The molecule has 0 radical (unpaired) electrons. The quantitative estimate of drug-likeness (QED) is 0.642. The first-order chi connectivity index (χ1) is 14.7. The fourth-order valence-corrected chi connectivity index (χ4v) is 4.10. The number of hydrogen-bond acceptors (Lipinski definition) is 4. The number of hydrogen-bond donors (Lipinski definition) is 1. The van der Waals surface area contributed by atoms with Gasteiger partial charge in [-0.1, -0.05) is 30.3 Å². The number of aryl methyl sites for hydroxylation is 1. The lowest BCUT2D eigenvalue weighted by atomic mass is 10.0. The van der Waals surface area contributed by atoms with Crippen LogP contribution in [0.5, 0.6) is 5.75 Å². The second kappa shape index (κ2) is 9.13. The normalized spacial score (nSPS) is 16.5. The van der Waals surface area contributed by atoms with Crippen molar-refractivity contribution in [3.8, 4) is 16.9 Å². The zero-order chi connectivity index (χ0) is 20.9. The van der Waals surface area contributed by atoms with Crippen LogP contribution in [0.3, 0.4) is 0 Å². The van der Waals surface area contributed by atoms with Crippen LogP contribution >= 0.6 is 0 Å². The highest BCUT2D eigenvalue weighted by atomic mass is 16.5. The summed E-state index contributed by atoms with van der Waals surface area (Å²) in [7, 11) is 1.66. The maximum atomic E-state index is 13.2. The van der Waals surface area contributed by atoms with Crippen molar-refractivity contribution < 1.29 is 9.53 Å². The van der Waals surface area contributed by atoms with E-state index >= 15 is 0 Å². The Morgan fingerprint density at radius 3 is 2.77 bits per heavy atom. The molecule has 1 amide bonds. The molecule has 3 aromatic rings. The number of amides is 1. The molecule has 6 heteroatoms. The first-order valence-electron chi connectivity index (χ1n) is 10.5. The van der Waals surface area contributed by atoms with Crippen molar-refractivity contribution in [2.45, 2.75) is 38.9 Å². The fraction of sp³-hybridized carbons (Fsp3) is 0.333. The van der Waals surface area contributed by atoms with Gasteiger partial charge in [-0.25, -0.2) is 4.98 Å². The highest BCUT2D eigenvalue weighted by Crippen LogP contribution is 2.30. The minimum atomic E-state index is -0.143. The topological polar surface area (TPSA) is 59.4 Å². The van der Waals surface area contributed by atoms with E-state index in [1.807, 2.05) is 60.9 Å². The molecule has 1 fully saturated rings. The number of benzene rings is 2. The minimum Gasteiger partial charge on any atom is -0.497 e. The van der Waals surface area contributed by atoms with Crippen LogP contribution in [0.4, 0.5) is 5.69 Å². The Balaban J connectivity index is 1.50. The second-order valence-corrected chi connectivity index (χ2v) is 7.52. The Hall–Kier alpha value is -3.12. The van der Waals surface area contributed by atoms with E-state index in [0.717, 1.165) is 54.3 Å². The third kappa shape index (κ3) is 4.24.